The minimum Gasteiger partial charge on any atom is -0.372 e. The molecule has 1 aliphatic rings. The molecule has 2 heterocycles. The first kappa shape index (κ1) is 15.9. The highest BCUT2D eigenvalue weighted by molar-refractivity contribution is 7.09. The molecule has 1 fully saturated rings. The number of hydrogen-bond donors (Lipinski definition) is 1. The highest BCUT2D eigenvalue weighted by Crippen LogP contribution is 2.20. The van der Waals surface area contributed by atoms with E-state index in [1.165, 1.54) is 18.5 Å². The smallest absolute Gasteiger partial charge is 0.0897 e. The highest BCUT2D eigenvalue weighted by atomic mass is 32.1. The second-order valence-electron chi connectivity index (χ2n) is 6.08. The summed E-state index contributed by atoms with van der Waals surface area (Å²) in [5.41, 5.74) is 1.17. The molecule has 20 heavy (non-hydrogen) atoms. The molecule has 114 valence electrons. The van der Waals surface area contributed by atoms with Crippen LogP contribution in [0.5, 0.6) is 0 Å². The van der Waals surface area contributed by atoms with Crippen LogP contribution in [0.15, 0.2) is 5.38 Å². The zero-order chi connectivity index (χ0) is 14.5. The number of rotatable bonds is 7. The number of aromatic nitrogens is 1. The molecular weight excluding hydrogens is 270 g/mol. The van der Waals surface area contributed by atoms with Crippen LogP contribution in [0.1, 0.15) is 37.4 Å². The van der Waals surface area contributed by atoms with E-state index in [9.17, 15) is 0 Å². The number of thiazole rings is 1. The summed E-state index contributed by atoms with van der Waals surface area (Å²) >= 11 is 1.72. The summed E-state index contributed by atoms with van der Waals surface area (Å²) in [5, 5.41) is 6.75. The summed E-state index contributed by atoms with van der Waals surface area (Å²) in [4.78, 5) is 6.83. The van der Waals surface area contributed by atoms with Gasteiger partial charge in [0.25, 0.3) is 0 Å². The number of likely N-dealkylation sites (N-methyl/N-ethyl adjacent to an activating group) is 1. The third kappa shape index (κ3) is 5.13. The maximum absolute atomic E-state index is 6.10. The van der Waals surface area contributed by atoms with Gasteiger partial charge < -0.3 is 10.1 Å². The third-order valence-corrected chi connectivity index (χ3v) is 4.39. The molecule has 0 radical (unpaired) electrons. The van der Waals surface area contributed by atoms with E-state index >= 15 is 0 Å². The standard InChI is InChI=1S/C15H27N3OS/c1-11(2)16-7-14-5-6-15(19-14)9-18(4)8-13-10-20-12(3)17-13/h10-11,14-16H,5-9H2,1-4H3. The van der Waals surface area contributed by atoms with Gasteiger partial charge in [-0.05, 0) is 26.8 Å². The van der Waals surface area contributed by atoms with Crippen LogP contribution < -0.4 is 5.32 Å². The number of nitrogens with zero attached hydrogens (tertiary/aromatic N) is 2. The van der Waals surface area contributed by atoms with Gasteiger partial charge in [0.15, 0.2) is 0 Å². The molecule has 0 bridgehead atoms. The van der Waals surface area contributed by atoms with Crippen LogP contribution in [0.4, 0.5) is 0 Å². The first-order valence-corrected chi connectivity index (χ1v) is 8.39. The van der Waals surface area contributed by atoms with Gasteiger partial charge in [-0.1, -0.05) is 13.8 Å². The lowest BCUT2D eigenvalue weighted by molar-refractivity contribution is 0.0258. The molecule has 5 heteroatoms. The molecule has 4 nitrogen and oxygen atoms in total. The average molecular weight is 297 g/mol. The van der Waals surface area contributed by atoms with Gasteiger partial charge in [0.05, 0.1) is 22.9 Å². The average Bonchev–Trinajstić information content (AvgIpc) is 2.96. The number of ether oxygens (including phenoxy) is 1. The van der Waals surface area contributed by atoms with E-state index in [4.69, 9.17) is 4.74 Å². The van der Waals surface area contributed by atoms with Gasteiger partial charge in [-0.15, -0.1) is 11.3 Å². The minimum atomic E-state index is 0.374. The van der Waals surface area contributed by atoms with E-state index in [2.05, 4.69) is 48.4 Å². The molecule has 2 atom stereocenters. The molecule has 0 saturated carbocycles. The molecule has 2 rings (SSSR count). The van der Waals surface area contributed by atoms with Crippen molar-refractivity contribution in [3.8, 4) is 0 Å². The van der Waals surface area contributed by atoms with Crippen molar-refractivity contribution < 1.29 is 4.74 Å². The maximum atomic E-state index is 6.10. The Bertz CT molecular complexity index is 408. The molecule has 2 unspecified atom stereocenters. The van der Waals surface area contributed by atoms with Crippen LogP contribution in [0.3, 0.4) is 0 Å². The normalized spacial score (nSPS) is 23.1. The van der Waals surface area contributed by atoms with Crippen molar-refractivity contribution in [1.82, 2.24) is 15.2 Å². The van der Waals surface area contributed by atoms with Crippen LogP contribution in [-0.4, -0.2) is 48.3 Å². The lowest BCUT2D eigenvalue weighted by atomic mass is 10.2. The molecule has 1 saturated heterocycles. The summed E-state index contributed by atoms with van der Waals surface area (Å²) in [6, 6.07) is 0.535. The number of aryl methyl sites for hydroxylation is 1. The zero-order valence-corrected chi connectivity index (χ0v) is 13.9. The van der Waals surface area contributed by atoms with Crippen LogP contribution in [0.25, 0.3) is 0 Å². The molecule has 1 aliphatic heterocycles. The summed E-state index contributed by atoms with van der Waals surface area (Å²) in [6.07, 6.45) is 3.11. The van der Waals surface area contributed by atoms with Crippen molar-refractivity contribution in [1.29, 1.82) is 0 Å². The van der Waals surface area contributed by atoms with Crippen LogP contribution in [0, 0.1) is 6.92 Å². The van der Waals surface area contributed by atoms with E-state index in [0.717, 1.165) is 24.6 Å². The first-order valence-electron chi connectivity index (χ1n) is 7.51. The van der Waals surface area contributed by atoms with Gasteiger partial charge >= 0.3 is 0 Å². The van der Waals surface area contributed by atoms with Crippen molar-refractivity contribution >= 4 is 11.3 Å². The second kappa shape index (κ2) is 7.50. The molecule has 0 spiro atoms. The minimum absolute atomic E-state index is 0.374. The topological polar surface area (TPSA) is 37.4 Å². The van der Waals surface area contributed by atoms with Crippen molar-refractivity contribution in [2.45, 2.75) is 58.4 Å². The predicted octanol–water partition coefficient (Wildman–Crippen LogP) is 2.43. The van der Waals surface area contributed by atoms with Gasteiger partial charge in [-0.2, -0.15) is 0 Å². The molecule has 0 aromatic carbocycles. The van der Waals surface area contributed by atoms with E-state index in [-0.39, 0.29) is 0 Å². The predicted molar refractivity (Wildman–Crippen MR) is 84.2 cm³/mol. The molecular formula is C15H27N3OS. The molecule has 1 aromatic rings. The summed E-state index contributed by atoms with van der Waals surface area (Å²) in [6.45, 7) is 9.30. The van der Waals surface area contributed by atoms with E-state index in [1.807, 2.05) is 0 Å². The fraction of sp³-hybridized carbons (Fsp3) is 0.800. The quantitative estimate of drug-likeness (QED) is 0.839. The van der Waals surface area contributed by atoms with Crippen LogP contribution in [-0.2, 0) is 11.3 Å². The van der Waals surface area contributed by atoms with Crippen LogP contribution >= 0.6 is 11.3 Å². The Hall–Kier alpha value is -0.490. The summed E-state index contributed by atoms with van der Waals surface area (Å²) in [7, 11) is 2.15. The SMILES string of the molecule is Cc1nc(CN(C)CC2CCC(CNC(C)C)O2)cs1. The number of nitrogens with one attached hydrogen (secondary N) is 1. The van der Waals surface area contributed by atoms with Crippen molar-refractivity contribution in [2.24, 2.45) is 0 Å². The van der Waals surface area contributed by atoms with Gasteiger partial charge in [0, 0.05) is 31.1 Å². The molecule has 0 amide bonds. The van der Waals surface area contributed by atoms with Crippen molar-refractivity contribution in [2.75, 3.05) is 20.1 Å². The second-order valence-corrected chi connectivity index (χ2v) is 7.14. The van der Waals surface area contributed by atoms with E-state index in [1.54, 1.807) is 11.3 Å². The van der Waals surface area contributed by atoms with Crippen molar-refractivity contribution in [3.63, 3.8) is 0 Å². The Morgan fingerprint density at radius 3 is 2.85 bits per heavy atom. The Morgan fingerprint density at radius 1 is 1.45 bits per heavy atom. The summed E-state index contributed by atoms with van der Waals surface area (Å²) < 4.78 is 6.10. The third-order valence-electron chi connectivity index (χ3n) is 3.56. The molecule has 1 N–H and O–H groups in total. The van der Waals surface area contributed by atoms with Gasteiger partial charge in [0.1, 0.15) is 0 Å². The zero-order valence-electron chi connectivity index (χ0n) is 13.1. The molecule has 0 aliphatic carbocycles. The molecule has 1 aromatic heterocycles. The fourth-order valence-corrected chi connectivity index (χ4v) is 3.21. The summed E-state index contributed by atoms with van der Waals surface area (Å²) in [5.74, 6) is 0. The van der Waals surface area contributed by atoms with Gasteiger partial charge in [-0.3, -0.25) is 4.90 Å². The van der Waals surface area contributed by atoms with E-state index < -0.39 is 0 Å². The Labute approximate surface area is 126 Å². The van der Waals surface area contributed by atoms with E-state index in [0.29, 0.717) is 18.2 Å². The lowest BCUT2D eigenvalue weighted by Gasteiger charge is -2.21. The Morgan fingerprint density at radius 2 is 2.20 bits per heavy atom. The Kier molecular flexibility index (Phi) is 5.96. The first-order chi connectivity index (χ1) is 9.52. The van der Waals surface area contributed by atoms with Gasteiger partial charge in [-0.25, -0.2) is 4.98 Å². The maximum Gasteiger partial charge on any atom is 0.0897 e. The monoisotopic (exact) mass is 297 g/mol. The largest absolute Gasteiger partial charge is 0.372 e. The van der Waals surface area contributed by atoms with Crippen LogP contribution in [0.2, 0.25) is 0 Å². The lowest BCUT2D eigenvalue weighted by Crippen LogP contribution is -2.34. The highest BCUT2D eigenvalue weighted by Gasteiger charge is 2.26. The van der Waals surface area contributed by atoms with Crippen molar-refractivity contribution in [3.05, 3.63) is 16.1 Å². The Balaban J connectivity index is 1.69. The fourth-order valence-electron chi connectivity index (χ4n) is 2.60. The van der Waals surface area contributed by atoms with Gasteiger partial charge in [0.2, 0.25) is 0 Å². The number of hydrogen-bond acceptors (Lipinski definition) is 5.